The Hall–Kier alpha value is -4.06. The van der Waals surface area contributed by atoms with Gasteiger partial charge in [-0.05, 0) is 48.2 Å². The third kappa shape index (κ3) is 5.38. The summed E-state index contributed by atoms with van der Waals surface area (Å²) in [4.78, 5) is 27.8. The number of aliphatic hydroxyl groups is 1. The first-order valence-electron chi connectivity index (χ1n) is 11.8. The largest absolute Gasteiger partial charge is 0.508 e. The van der Waals surface area contributed by atoms with Crippen molar-refractivity contribution in [1.82, 2.24) is 4.90 Å². The van der Waals surface area contributed by atoms with Crippen molar-refractivity contribution >= 4 is 17.4 Å². The number of aliphatic hydroxyl groups excluding tert-OH is 1. The summed E-state index contributed by atoms with van der Waals surface area (Å²) in [6, 6.07) is 22.2. The van der Waals surface area contributed by atoms with Gasteiger partial charge in [-0.25, -0.2) is 0 Å². The lowest BCUT2D eigenvalue weighted by molar-refractivity contribution is -0.139. The van der Waals surface area contributed by atoms with Crippen molar-refractivity contribution < 1.29 is 24.5 Å². The number of ketones is 1. The van der Waals surface area contributed by atoms with Crippen LogP contribution in [0.5, 0.6) is 11.5 Å². The Morgan fingerprint density at radius 1 is 0.971 bits per heavy atom. The molecule has 0 bridgehead atoms. The number of likely N-dealkylation sites (tertiary alicyclic amines) is 1. The number of phenolic OH excluding ortho intramolecular Hbond substituents is 1. The predicted molar refractivity (Wildman–Crippen MR) is 134 cm³/mol. The van der Waals surface area contributed by atoms with E-state index in [2.05, 4.69) is 6.92 Å². The van der Waals surface area contributed by atoms with E-state index in [9.17, 15) is 19.8 Å². The van der Waals surface area contributed by atoms with Crippen LogP contribution in [0.3, 0.4) is 0 Å². The molecule has 0 aromatic heterocycles. The minimum Gasteiger partial charge on any atom is -0.508 e. The van der Waals surface area contributed by atoms with E-state index in [1.54, 1.807) is 36.4 Å². The van der Waals surface area contributed by atoms with E-state index >= 15 is 0 Å². The van der Waals surface area contributed by atoms with E-state index in [-0.39, 0.29) is 17.1 Å². The number of carbonyl (C=O) groups excluding carboxylic acids is 2. The van der Waals surface area contributed by atoms with Crippen LogP contribution in [-0.2, 0) is 16.0 Å². The number of carbonyl (C=O) groups is 2. The molecule has 0 saturated carbocycles. The topological polar surface area (TPSA) is 87.1 Å². The first-order valence-corrected chi connectivity index (χ1v) is 11.8. The number of rotatable bonds is 9. The average Bonchev–Trinajstić information content (AvgIpc) is 3.13. The van der Waals surface area contributed by atoms with Crippen LogP contribution in [0.15, 0.2) is 84.4 Å². The van der Waals surface area contributed by atoms with Crippen LogP contribution in [-0.4, -0.2) is 40.0 Å². The van der Waals surface area contributed by atoms with Gasteiger partial charge in [0.05, 0.1) is 18.2 Å². The molecule has 1 fully saturated rings. The fourth-order valence-corrected chi connectivity index (χ4v) is 4.23. The van der Waals surface area contributed by atoms with Crippen LogP contribution < -0.4 is 4.74 Å². The summed E-state index contributed by atoms with van der Waals surface area (Å²) in [6.45, 7) is 2.93. The zero-order valence-corrected chi connectivity index (χ0v) is 19.7. The van der Waals surface area contributed by atoms with Gasteiger partial charge < -0.3 is 19.8 Å². The van der Waals surface area contributed by atoms with Crippen LogP contribution in [0.2, 0.25) is 0 Å². The molecule has 6 heteroatoms. The molecule has 1 aliphatic heterocycles. The van der Waals surface area contributed by atoms with Crippen molar-refractivity contribution in [2.75, 3.05) is 13.2 Å². The quantitative estimate of drug-likeness (QED) is 0.193. The minimum atomic E-state index is -0.774. The van der Waals surface area contributed by atoms with Gasteiger partial charge in [-0.15, -0.1) is 0 Å². The lowest BCUT2D eigenvalue weighted by Crippen LogP contribution is -2.31. The fraction of sp³-hybridized carbons (Fsp3) is 0.241. The maximum Gasteiger partial charge on any atom is 0.295 e. The molecule has 0 aliphatic carbocycles. The number of phenols is 1. The van der Waals surface area contributed by atoms with Gasteiger partial charge in [0.1, 0.15) is 17.3 Å². The molecule has 2 N–H and O–H groups in total. The van der Waals surface area contributed by atoms with E-state index in [4.69, 9.17) is 4.74 Å². The molecule has 4 rings (SSSR count). The van der Waals surface area contributed by atoms with Gasteiger partial charge in [0, 0.05) is 12.1 Å². The molecular weight excluding hydrogens is 442 g/mol. The Balaban J connectivity index is 1.73. The predicted octanol–water partition coefficient (Wildman–Crippen LogP) is 5.24. The van der Waals surface area contributed by atoms with Gasteiger partial charge >= 0.3 is 0 Å². The van der Waals surface area contributed by atoms with E-state index in [0.29, 0.717) is 36.4 Å². The summed E-state index contributed by atoms with van der Waals surface area (Å²) in [7, 11) is 0. The molecule has 0 spiro atoms. The van der Waals surface area contributed by atoms with Crippen molar-refractivity contribution in [1.29, 1.82) is 0 Å². The molecule has 1 unspecified atom stereocenters. The minimum absolute atomic E-state index is 0.0273. The van der Waals surface area contributed by atoms with Gasteiger partial charge in [-0.3, -0.25) is 9.59 Å². The standard InChI is InChI=1S/C29H29NO5/c1-2-3-18-35-24-11-7-10-22(19-24)27(32)25-26(21-12-14-23(31)15-13-21)30(29(34)28(25)33)17-16-20-8-5-4-6-9-20/h4-15,19,26,31-32H,2-3,16-18H2,1H3. The molecule has 180 valence electrons. The third-order valence-electron chi connectivity index (χ3n) is 6.11. The van der Waals surface area contributed by atoms with Crippen LogP contribution in [0.4, 0.5) is 0 Å². The second-order valence-electron chi connectivity index (χ2n) is 8.55. The summed E-state index contributed by atoms with van der Waals surface area (Å²) in [5.41, 5.74) is 2.10. The molecule has 1 atom stereocenters. The number of unbranched alkanes of at least 4 members (excludes halogenated alkanes) is 1. The number of amides is 1. The maximum absolute atomic E-state index is 13.2. The van der Waals surface area contributed by atoms with Gasteiger partial charge in [0.2, 0.25) is 0 Å². The van der Waals surface area contributed by atoms with Crippen LogP contribution in [0.1, 0.15) is 42.5 Å². The van der Waals surface area contributed by atoms with Crippen molar-refractivity contribution in [2.45, 2.75) is 32.2 Å². The summed E-state index contributed by atoms with van der Waals surface area (Å²) in [6.07, 6.45) is 2.46. The zero-order chi connectivity index (χ0) is 24.8. The number of benzene rings is 3. The monoisotopic (exact) mass is 471 g/mol. The molecule has 35 heavy (non-hydrogen) atoms. The fourth-order valence-electron chi connectivity index (χ4n) is 4.23. The van der Waals surface area contributed by atoms with Gasteiger partial charge in [0.25, 0.3) is 11.7 Å². The number of aromatic hydroxyl groups is 1. The molecule has 1 saturated heterocycles. The second kappa shape index (κ2) is 10.9. The Kier molecular flexibility index (Phi) is 7.51. The van der Waals surface area contributed by atoms with Crippen LogP contribution in [0.25, 0.3) is 5.76 Å². The lowest BCUT2D eigenvalue weighted by atomic mass is 9.95. The van der Waals surface area contributed by atoms with Crippen molar-refractivity contribution in [3.8, 4) is 11.5 Å². The van der Waals surface area contributed by atoms with E-state index in [1.165, 1.54) is 17.0 Å². The first-order chi connectivity index (χ1) is 17.0. The second-order valence-corrected chi connectivity index (χ2v) is 8.55. The highest BCUT2D eigenvalue weighted by Gasteiger charge is 2.45. The van der Waals surface area contributed by atoms with Crippen molar-refractivity contribution in [3.63, 3.8) is 0 Å². The third-order valence-corrected chi connectivity index (χ3v) is 6.11. The van der Waals surface area contributed by atoms with Gasteiger partial charge in [-0.1, -0.05) is 67.9 Å². The summed E-state index contributed by atoms with van der Waals surface area (Å²) in [5, 5.41) is 21.0. The van der Waals surface area contributed by atoms with E-state index < -0.39 is 17.7 Å². The van der Waals surface area contributed by atoms with Gasteiger partial charge in [0.15, 0.2) is 0 Å². The Labute approximate surface area is 205 Å². The normalized spacial score (nSPS) is 17.1. The average molecular weight is 472 g/mol. The van der Waals surface area contributed by atoms with Crippen molar-refractivity contribution in [2.24, 2.45) is 0 Å². The Morgan fingerprint density at radius 3 is 2.43 bits per heavy atom. The molecule has 3 aromatic carbocycles. The number of nitrogens with zero attached hydrogens (tertiary/aromatic N) is 1. The molecule has 1 heterocycles. The highest BCUT2D eigenvalue weighted by Crippen LogP contribution is 2.40. The molecule has 1 aliphatic rings. The highest BCUT2D eigenvalue weighted by atomic mass is 16.5. The molecule has 1 amide bonds. The molecular formula is C29H29NO5. The maximum atomic E-state index is 13.2. The summed E-state index contributed by atoms with van der Waals surface area (Å²) < 4.78 is 5.76. The first kappa shape index (κ1) is 24.1. The summed E-state index contributed by atoms with van der Waals surface area (Å²) >= 11 is 0. The number of Topliss-reactive ketones (excluding diaryl/α,β-unsaturated/α-hetero) is 1. The Bertz CT molecular complexity index is 1220. The molecule has 3 aromatic rings. The van der Waals surface area contributed by atoms with E-state index in [0.717, 1.165) is 18.4 Å². The number of hydrogen-bond acceptors (Lipinski definition) is 5. The smallest absolute Gasteiger partial charge is 0.295 e. The summed E-state index contributed by atoms with van der Waals surface area (Å²) in [5.74, 6) is -0.972. The number of hydrogen-bond donors (Lipinski definition) is 2. The van der Waals surface area contributed by atoms with Crippen LogP contribution >= 0.6 is 0 Å². The van der Waals surface area contributed by atoms with Gasteiger partial charge in [-0.2, -0.15) is 0 Å². The van der Waals surface area contributed by atoms with Crippen LogP contribution in [0, 0.1) is 0 Å². The lowest BCUT2D eigenvalue weighted by Gasteiger charge is -2.25. The van der Waals surface area contributed by atoms with Crippen molar-refractivity contribution in [3.05, 3.63) is 101 Å². The molecule has 6 nitrogen and oxygen atoms in total. The zero-order valence-electron chi connectivity index (χ0n) is 19.7. The molecule has 0 radical (unpaired) electrons. The SMILES string of the molecule is CCCCOc1cccc(C(O)=C2C(=O)C(=O)N(CCc3ccccc3)C2c2ccc(O)cc2)c1. The highest BCUT2D eigenvalue weighted by molar-refractivity contribution is 6.46. The van der Waals surface area contributed by atoms with E-state index in [1.807, 2.05) is 30.3 Å². The number of ether oxygens (including phenoxy) is 1. The Morgan fingerprint density at radius 2 is 1.71 bits per heavy atom.